The van der Waals surface area contributed by atoms with E-state index in [1.165, 1.54) is 11.1 Å². The fourth-order valence-electron chi connectivity index (χ4n) is 2.27. The number of nitrogens with one attached hydrogen (secondary N) is 1. The van der Waals surface area contributed by atoms with E-state index in [2.05, 4.69) is 24.4 Å². The van der Waals surface area contributed by atoms with Gasteiger partial charge in [0.05, 0.1) is 0 Å². The summed E-state index contributed by atoms with van der Waals surface area (Å²) in [6, 6.07) is 14.8. The summed E-state index contributed by atoms with van der Waals surface area (Å²) in [7, 11) is 0. The van der Waals surface area contributed by atoms with E-state index in [9.17, 15) is 9.59 Å². The molecule has 0 aromatic heterocycles. The predicted molar refractivity (Wildman–Crippen MR) is 87.7 cm³/mol. The minimum atomic E-state index is -0.476. The van der Waals surface area contributed by atoms with E-state index >= 15 is 0 Å². The van der Waals surface area contributed by atoms with E-state index in [1.54, 1.807) is 24.3 Å². The number of rotatable bonds is 6. The van der Waals surface area contributed by atoms with Crippen molar-refractivity contribution in [2.24, 2.45) is 5.73 Å². The number of anilines is 1. The van der Waals surface area contributed by atoms with Crippen molar-refractivity contribution in [3.8, 4) is 0 Å². The largest absolute Gasteiger partial charge is 0.366 e. The van der Waals surface area contributed by atoms with Crippen LogP contribution in [-0.2, 0) is 11.2 Å². The van der Waals surface area contributed by atoms with Crippen molar-refractivity contribution in [3.05, 3.63) is 65.2 Å². The minimum absolute atomic E-state index is 0.0274. The molecule has 4 nitrogen and oxygen atoms in total. The molecule has 3 N–H and O–H groups in total. The average Bonchev–Trinajstić information content (AvgIpc) is 2.50. The van der Waals surface area contributed by atoms with Crippen LogP contribution in [0.4, 0.5) is 5.69 Å². The smallest absolute Gasteiger partial charge is 0.248 e. The molecular formula is C18H20N2O2. The van der Waals surface area contributed by atoms with E-state index in [4.69, 9.17) is 5.73 Å². The van der Waals surface area contributed by atoms with Gasteiger partial charge in [-0.3, -0.25) is 9.59 Å². The molecule has 0 unspecified atom stereocenters. The van der Waals surface area contributed by atoms with Crippen molar-refractivity contribution >= 4 is 17.5 Å². The Hall–Kier alpha value is -2.62. The first-order valence-electron chi connectivity index (χ1n) is 7.30. The van der Waals surface area contributed by atoms with Gasteiger partial charge in [-0.1, -0.05) is 24.3 Å². The Morgan fingerprint density at radius 2 is 1.73 bits per heavy atom. The van der Waals surface area contributed by atoms with Gasteiger partial charge in [0.2, 0.25) is 11.8 Å². The van der Waals surface area contributed by atoms with Crippen molar-refractivity contribution in [1.29, 1.82) is 0 Å². The summed E-state index contributed by atoms with van der Waals surface area (Å²) in [5.74, 6) is -0.503. The number of primary amides is 1. The van der Waals surface area contributed by atoms with Gasteiger partial charge in [0.25, 0.3) is 0 Å². The Balaban J connectivity index is 1.80. The Morgan fingerprint density at radius 1 is 1.05 bits per heavy atom. The summed E-state index contributed by atoms with van der Waals surface area (Å²) in [6.07, 6.45) is 2.16. The first-order chi connectivity index (χ1) is 10.6. The van der Waals surface area contributed by atoms with Crippen LogP contribution in [0.15, 0.2) is 48.5 Å². The second-order valence-corrected chi connectivity index (χ2v) is 5.27. The molecule has 2 amide bonds. The first-order valence-corrected chi connectivity index (χ1v) is 7.30. The quantitative estimate of drug-likeness (QED) is 0.860. The highest BCUT2D eigenvalue weighted by Gasteiger charge is 2.05. The Morgan fingerprint density at radius 3 is 2.36 bits per heavy atom. The Kier molecular flexibility index (Phi) is 5.31. The zero-order valence-corrected chi connectivity index (χ0v) is 12.6. The van der Waals surface area contributed by atoms with Gasteiger partial charge in [-0.05, 0) is 55.2 Å². The number of amides is 2. The van der Waals surface area contributed by atoms with Crippen molar-refractivity contribution in [2.45, 2.75) is 26.2 Å². The molecule has 2 aromatic carbocycles. The average molecular weight is 296 g/mol. The van der Waals surface area contributed by atoms with Crippen LogP contribution in [0.5, 0.6) is 0 Å². The standard InChI is InChI=1S/C18H20N2O2/c1-13-5-2-3-6-14(13)7-4-8-17(21)20-16-11-9-15(10-12-16)18(19)22/h2-3,5-6,9-12H,4,7-8H2,1H3,(H2,19,22)(H,20,21). The molecule has 0 bridgehead atoms. The summed E-state index contributed by atoms with van der Waals surface area (Å²) in [6.45, 7) is 2.08. The molecule has 0 saturated heterocycles. The third kappa shape index (κ3) is 4.45. The summed E-state index contributed by atoms with van der Waals surface area (Å²) >= 11 is 0. The monoisotopic (exact) mass is 296 g/mol. The summed E-state index contributed by atoms with van der Waals surface area (Å²) in [5.41, 5.74) is 8.81. The minimum Gasteiger partial charge on any atom is -0.366 e. The summed E-state index contributed by atoms with van der Waals surface area (Å²) < 4.78 is 0. The molecule has 0 aliphatic carbocycles. The van der Waals surface area contributed by atoms with Crippen molar-refractivity contribution in [1.82, 2.24) is 0 Å². The molecule has 0 radical (unpaired) electrons. The van der Waals surface area contributed by atoms with Crippen LogP contribution in [0.1, 0.15) is 34.3 Å². The number of nitrogens with two attached hydrogens (primary N) is 1. The molecule has 0 aliphatic heterocycles. The van der Waals surface area contributed by atoms with Crippen LogP contribution in [0.25, 0.3) is 0 Å². The van der Waals surface area contributed by atoms with Gasteiger partial charge in [0.1, 0.15) is 0 Å². The molecule has 0 atom stereocenters. The van der Waals surface area contributed by atoms with Crippen LogP contribution in [0.2, 0.25) is 0 Å². The molecule has 2 rings (SSSR count). The molecule has 22 heavy (non-hydrogen) atoms. The topological polar surface area (TPSA) is 72.2 Å². The van der Waals surface area contributed by atoms with Gasteiger partial charge in [-0.15, -0.1) is 0 Å². The van der Waals surface area contributed by atoms with Crippen LogP contribution in [0, 0.1) is 6.92 Å². The molecular weight excluding hydrogens is 276 g/mol. The lowest BCUT2D eigenvalue weighted by atomic mass is 10.0. The van der Waals surface area contributed by atoms with Crippen LogP contribution >= 0.6 is 0 Å². The molecule has 0 fully saturated rings. The van der Waals surface area contributed by atoms with Gasteiger partial charge < -0.3 is 11.1 Å². The number of hydrogen-bond donors (Lipinski definition) is 2. The highest BCUT2D eigenvalue weighted by Crippen LogP contribution is 2.13. The van der Waals surface area contributed by atoms with E-state index in [0.717, 1.165) is 12.8 Å². The highest BCUT2D eigenvalue weighted by atomic mass is 16.1. The lowest BCUT2D eigenvalue weighted by Crippen LogP contribution is -2.13. The predicted octanol–water partition coefficient (Wildman–Crippen LogP) is 3.06. The lowest BCUT2D eigenvalue weighted by molar-refractivity contribution is -0.116. The maximum Gasteiger partial charge on any atom is 0.248 e. The number of hydrogen-bond acceptors (Lipinski definition) is 2. The van der Waals surface area contributed by atoms with Crippen LogP contribution in [0.3, 0.4) is 0 Å². The second-order valence-electron chi connectivity index (χ2n) is 5.27. The SMILES string of the molecule is Cc1ccccc1CCCC(=O)Nc1ccc(C(N)=O)cc1. The third-order valence-electron chi connectivity index (χ3n) is 3.56. The normalized spacial score (nSPS) is 10.2. The number of benzene rings is 2. The number of carbonyl (C=O) groups excluding carboxylic acids is 2. The fourth-order valence-corrected chi connectivity index (χ4v) is 2.27. The molecule has 0 heterocycles. The van der Waals surface area contributed by atoms with E-state index < -0.39 is 5.91 Å². The van der Waals surface area contributed by atoms with Crippen molar-refractivity contribution in [3.63, 3.8) is 0 Å². The van der Waals surface area contributed by atoms with Crippen LogP contribution in [-0.4, -0.2) is 11.8 Å². The van der Waals surface area contributed by atoms with Gasteiger partial charge in [0, 0.05) is 17.7 Å². The first kappa shape index (κ1) is 15.8. The number of carbonyl (C=O) groups is 2. The van der Waals surface area contributed by atoms with Crippen LogP contribution < -0.4 is 11.1 Å². The summed E-state index contributed by atoms with van der Waals surface area (Å²) in [5, 5.41) is 2.82. The Labute approximate surface area is 130 Å². The molecule has 4 heteroatoms. The maximum absolute atomic E-state index is 11.9. The zero-order chi connectivity index (χ0) is 15.9. The van der Waals surface area contributed by atoms with E-state index in [1.807, 2.05) is 12.1 Å². The molecule has 0 aliphatic rings. The van der Waals surface area contributed by atoms with Gasteiger partial charge >= 0.3 is 0 Å². The van der Waals surface area contributed by atoms with E-state index in [-0.39, 0.29) is 5.91 Å². The molecule has 0 saturated carbocycles. The Bertz CT molecular complexity index is 663. The summed E-state index contributed by atoms with van der Waals surface area (Å²) in [4.78, 5) is 22.9. The van der Waals surface area contributed by atoms with E-state index in [0.29, 0.717) is 17.7 Å². The maximum atomic E-state index is 11.9. The van der Waals surface area contributed by atoms with Crippen molar-refractivity contribution in [2.75, 3.05) is 5.32 Å². The lowest BCUT2D eigenvalue weighted by Gasteiger charge is -2.07. The van der Waals surface area contributed by atoms with Gasteiger partial charge in [-0.2, -0.15) is 0 Å². The van der Waals surface area contributed by atoms with Gasteiger partial charge in [-0.25, -0.2) is 0 Å². The highest BCUT2D eigenvalue weighted by molar-refractivity contribution is 5.94. The molecule has 114 valence electrons. The second kappa shape index (κ2) is 7.41. The molecule has 2 aromatic rings. The van der Waals surface area contributed by atoms with Gasteiger partial charge in [0.15, 0.2) is 0 Å². The number of aryl methyl sites for hydroxylation is 2. The zero-order valence-electron chi connectivity index (χ0n) is 12.6. The van der Waals surface area contributed by atoms with Crippen molar-refractivity contribution < 1.29 is 9.59 Å². The fraction of sp³-hybridized carbons (Fsp3) is 0.222. The molecule has 0 spiro atoms. The third-order valence-corrected chi connectivity index (χ3v) is 3.56.